The largest absolute Gasteiger partial charge is 0.382 e. The standard InChI is InChI=1S/C19H16F2O6/c20-19(21)17(25)27-16(14(23)13(22)11-7-3-1-4-8-11)18(19,26)15(24)12-9-5-2-6-10-12/h1-10,14,16-17,23,25-26H/t14?,16-,17?,18-/m1/s1. The van der Waals surface area contributed by atoms with Crippen LogP contribution in [-0.2, 0) is 4.74 Å². The predicted octanol–water partition coefficient (Wildman–Crippen LogP) is 1.20. The van der Waals surface area contributed by atoms with Gasteiger partial charge in [0.25, 0.3) is 0 Å². The Morgan fingerprint density at radius 3 is 1.96 bits per heavy atom. The molecule has 3 N–H and O–H groups in total. The van der Waals surface area contributed by atoms with E-state index < -0.39 is 41.6 Å². The summed E-state index contributed by atoms with van der Waals surface area (Å²) in [5, 5.41) is 30.5. The van der Waals surface area contributed by atoms with Gasteiger partial charge in [0.1, 0.15) is 12.2 Å². The number of benzene rings is 2. The van der Waals surface area contributed by atoms with Crippen LogP contribution in [0.3, 0.4) is 0 Å². The van der Waals surface area contributed by atoms with Crippen molar-refractivity contribution >= 4 is 11.6 Å². The van der Waals surface area contributed by atoms with E-state index >= 15 is 0 Å². The van der Waals surface area contributed by atoms with Gasteiger partial charge in [0.2, 0.25) is 17.7 Å². The van der Waals surface area contributed by atoms with E-state index in [9.17, 15) is 33.7 Å². The van der Waals surface area contributed by atoms with Gasteiger partial charge in [-0.25, -0.2) is 0 Å². The first-order valence-electron chi connectivity index (χ1n) is 8.02. The SMILES string of the molecule is O=C(c1ccccc1)C(O)[C@H]1OC(O)C(F)(F)[C@@]1(O)C(=O)c1ccccc1. The van der Waals surface area contributed by atoms with Gasteiger partial charge in [-0.3, -0.25) is 9.59 Å². The van der Waals surface area contributed by atoms with E-state index in [1.807, 2.05) is 0 Å². The topological polar surface area (TPSA) is 104 Å². The van der Waals surface area contributed by atoms with Crippen molar-refractivity contribution in [2.24, 2.45) is 0 Å². The Hall–Kier alpha value is -2.52. The molecule has 0 saturated carbocycles. The third kappa shape index (κ3) is 2.96. The molecular weight excluding hydrogens is 362 g/mol. The average molecular weight is 378 g/mol. The molecule has 0 aliphatic carbocycles. The smallest absolute Gasteiger partial charge is 0.335 e. The Labute approximate surface area is 152 Å². The van der Waals surface area contributed by atoms with Gasteiger partial charge in [0.15, 0.2) is 5.78 Å². The Bertz CT molecular complexity index is 842. The van der Waals surface area contributed by atoms with E-state index in [2.05, 4.69) is 4.74 Å². The lowest BCUT2D eigenvalue weighted by Crippen LogP contribution is -2.62. The lowest BCUT2D eigenvalue weighted by molar-refractivity contribution is -0.209. The minimum Gasteiger partial charge on any atom is -0.382 e. The molecule has 6 nitrogen and oxygen atoms in total. The summed E-state index contributed by atoms with van der Waals surface area (Å²) >= 11 is 0. The third-order valence-electron chi connectivity index (χ3n) is 4.50. The lowest BCUT2D eigenvalue weighted by Gasteiger charge is -2.32. The van der Waals surface area contributed by atoms with Gasteiger partial charge in [-0.15, -0.1) is 0 Å². The highest BCUT2D eigenvalue weighted by molar-refractivity contribution is 6.06. The highest BCUT2D eigenvalue weighted by atomic mass is 19.3. The summed E-state index contributed by atoms with van der Waals surface area (Å²) in [5.41, 5.74) is -3.97. The number of carbonyl (C=O) groups is 2. The Morgan fingerprint density at radius 1 is 0.963 bits per heavy atom. The molecule has 1 heterocycles. The second-order valence-corrected chi connectivity index (χ2v) is 6.17. The molecule has 1 aliphatic heterocycles. The first kappa shape index (κ1) is 19.2. The molecule has 0 amide bonds. The normalized spacial score (nSPS) is 27.9. The first-order valence-corrected chi connectivity index (χ1v) is 8.02. The molecule has 4 atom stereocenters. The number of rotatable bonds is 5. The number of carbonyl (C=O) groups excluding carboxylic acids is 2. The molecule has 8 heteroatoms. The molecule has 0 radical (unpaired) electrons. The van der Waals surface area contributed by atoms with E-state index in [0.29, 0.717) is 0 Å². The number of hydrogen-bond donors (Lipinski definition) is 3. The van der Waals surface area contributed by atoms with Crippen LogP contribution in [0.1, 0.15) is 20.7 Å². The predicted molar refractivity (Wildman–Crippen MR) is 88.3 cm³/mol. The summed E-state index contributed by atoms with van der Waals surface area (Å²) < 4.78 is 33.7. The Balaban J connectivity index is 2.03. The van der Waals surface area contributed by atoms with Crippen LogP contribution in [-0.4, -0.2) is 56.9 Å². The van der Waals surface area contributed by atoms with E-state index in [0.717, 1.165) is 0 Å². The number of alkyl halides is 2. The molecule has 0 bridgehead atoms. The summed E-state index contributed by atoms with van der Waals surface area (Å²) in [5.74, 6) is -6.97. The van der Waals surface area contributed by atoms with Crippen molar-refractivity contribution < 1.29 is 38.4 Å². The van der Waals surface area contributed by atoms with Crippen LogP contribution in [0.2, 0.25) is 0 Å². The van der Waals surface area contributed by atoms with Gasteiger partial charge >= 0.3 is 5.92 Å². The summed E-state index contributed by atoms with van der Waals surface area (Å²) in [4.78, 5) is 25.1. The van der Waals surface area contributed by atoms with Crippen molar-refractivity contribution in [3.05, 3.63) is 71.8 Å². The molecule has 2 aromatic carbocycles. The fourth-order valence-electron chi connectivity index (χ4n) is 3.00. The maximum atomic E-state index is 14.5. The molecule has 2 unspecified atom stereocenters. The van der Waals surface area contributed by atoms with E-state index in [-0.39, 0.29) is 11.1 Å². The maximum absolute atomic E-state index is 14.5. The monoisotopic (exact) mass is 378 g/mol. The van der Waals surface area contributed by atoms with Crippen molar-refractivity contribution in [1.29, 1.82) is 0 Å². The third-order valence-corrected chi connectivity index (χ3v) is 4.50. The van der Waals surface area contributed by atoms with Crippen LogP contribution in [0.15, 0.2) is 60.7 Å². The minimum absolute atomic E-state index is 0.0344. The highest BCUT2D eigenvalue weighted by Crippen LogP contribution is 2.46. The number of ether oxygens (including phenoxy) is 1. The molecule has 2 aromatic rings. The van der Waals surface area contributed by atoms with Gasteiger partial charge in [-0.2, -0.15) is 8.78 Å². The zero-order chi connectivity index (χ0) is 19.8. The zero-order valence-corrected chi connectivity index (χ0v) is 13.8. The van der Waals surface area contributed by atoms with Crippen LogP contribution in [0.4, 0.5) is 8.78 Å². The fourth-order valence-corrected chi connectivity index (χ4v) is 3.00. The maximum Gasteiger partial charge on any atom is 0.335 e. The number of hydrogen-bond acceptors (Lipinski definition) is 6. The van der Waals surface area contributed by atoms with E-state index in [1.165, 1.54) is 54.6 Å². The van der Waals surface area contributed by atoms with Crippen LogP contribution >= 0.6 is 0 Å². The number of Topliss-reactive ketones (excluding diaryl/α,β-unsaturated/α-hetero) is 2. The summed E-state index contributed by atoms with van der Waals surface area (Å²) in [6, 6.07) is 13.9. The van der Waals surface area contributed by atoms with Gasteiger partial charge in [0, 0.05) is 11.1 Å². The van der Waals surface area contributed by atoms with E-state index in [4.69, 9.17) is 0 Å². The number of halogens is 2. The van der Waals surface area contributed by atoms with Crippen molar-refractivity contribution in [2.75, 3.05) is 0 Å². The molecule has 0 aromatic heterocycles. The molecule has 1 fully saturated rings. The quantitative estimate of drug-likeness (QED) is 0.676. The van der Waals surface area contributed by atoms with Crippen LogP contribution in [0.25, 0.3) is 0 Å². The zero-order valence-electron chi connectivity index (χ0n) is 13.8. The van der Waals surface area contributed by atoms with Crippen LogP contribution in [0.5, 0.6) is 0 Å². The van der Waals surface area contributed by atoms with Gasteiger partial charge in [-0.1, -0.05) is 60.7 Å². The molecule has 1 aliphatic rings. The van der Waals surface area contributed by atoms with E-state index in [1.54, 1.807) is 6.07 Å². The molecule has 1 saturated heterocycles. The Morgan fingerprint density at radius 2 is 1.44 bits per heavy atom. The second-order valence-electron chi connectivity index (χ2n) is 6.17. The number of aliphatic hydroxyl groups excluding tert-OH is 2. The lowest BCUT2D eigenvalue weighted by atomic mass is 9.80. The molecule has 142 valence electrons. The van der Waals surface area contributed by atoms with Gasteiger partial charge in [-0.05, 0) is 0 Å². The first-order chi connectivity index (χ1) is 12.7. The van der Waals surface area contributed by atoms with Crippen molar-refractivity contribution in [3.8, 4) is 0 Å². The fraction of sp³-hybridized carbons (Fsp3) is 0.263. The molecular formula is C19H16F2O6. The number of aliphatic hydroxyl groups is 3. The molecule has 3 rings (SSSR count). The van der Waals surface area contributed by atoms with Gasteiger partial charge in [0.05, 0.1) is 0 Å². The average Bonchev–Trinajstić information content (AvgIpc) is 2.88. The summed E-state index contributed by atoms with van der Waals surface area (Å²) in [7, 11) is 0. The summed E-state index contributed by atoms with van der Waals surface area (Å²) in [6.45, 7) is 0. The van der Waals surface area contributed by atoms with Crippen LogP contribution < -0.4 is 0 Å². The Kier molecular flexibility index (Phi) is 4.92. The minimum atomic E-state index is -4.46. The van der Waals surface area contributed by atoms with Crippen molar-refractivity contribution in [2.45, 2.75) is 30.0 Å². The number of ketones is 2. The van der Waals surface area contributed by atoms with Crippen LogP contribution in [0, 0.1) is 0 Å². The summed E-state index contributed by atoms with van der Waals surface area (Å²) in [6.07, 6.45) is -7.56. The second kappa shape index (κ2) is 6.90. The molecule has 0 spiro atoms. The highest BCUT2D eigenvalue weighted by Gasteiger charge is 2.74. The van der Waals surface area contributed by atoms with Gasteiger partial charge < -0.3 is 20.1 Å². The van der Waals surface area contributed by atoms with Crippen molar-refractivity contribution in [3.63, 3.8) is 0 Å². The molecule has 27 heavy (non-hydrogen) atoms. The van der Waals surface area contributed by atoms with Crippen molar-refractivity contribution in [1.82, 2.24) is 0 Å².